The molecule has 0 aromatic carbocycles. The van der Waals surface area contributed by atoms with Gasteiger partial charge in [-0.25, -0.2) is 0 Å². The van der Waals surface area contributed by atoms with Crippen LogP contribution in [0.3, 0.4) is 0 Å². The summed E-state index contributed by atoms with van der Waals surface area (Å²) in [7, 11) is 3.31. The molecule has 0 aromatic heterocycles. The van der Waals surface area contributed by atoms with E-state index in [9.17, 15) is 10.1 Å². The van der Waals surface area contributed by atoms with Crippen LogP contribution in [0.5, 0.6) is 0 Å². The van der Waals surface area contributed by atoms with Crippen LogP contribution in [-0.4, -0.2) is 48.7 Å². The number of amides is 1. The van der Waals surface area contributed by atoms with Gasteiger partial charge in [0.15, 0.2) is 0 Å². The minimum atomic E-state index is -0.652. The van der Waals surface area contributed by atoms with Crippen molar-refractivity contribution >= 4 is 5.91 Å². The van der Waals surface area contributed by atoms with Gasteiger partial charge in [-0.1, -0.05) is 0 Å². The summed E-state index contributed by atoms with van der Waals surface area (Å²) in [6, 6.07) is 2.27. The van der Waals surface area contributed by atoms with Crippen LogP contribution >= 0.6 is 0 Å². The largest absolute Gasteiger partial charge is 0.327 e. The Morgan fingerprint density at radius 3 is 2.40 bits per heavy atom. The van der Waals surface area contributed by atoms with Crippen LogP contribution in [-0.2, 0) is 9.63 Å². The third-order valence-corrected chi connectivity index (χ3v) is 3.13. The van der Waals surface area contributed by atoms with Crippen molar-refractivity contribution < 1.29 is 9.63 Å². The summed E-state index contributed by atoms with van der Waals surface area (Å²) in [5.74, 6) is -0.0672. The van der Waals surface area contributed by atoms with Gasteiger partial charge in [0.1, 0.15) is 5.54 Å². The Balaban J connectivity index is 2.73. The Kier molecular flexibility index (Phi) is 3.66. The molecule has 5 nitrogen and oxygen atoms in total. The van der Waals surface area contributed by atoms with Gasteiger partial charge in [0, 0.05) is 27.1 Å². The fraction of sp³-hybridized carbons (Fsp3) is 0.800. The molecule has 0 atom stereocenters. The molecule has 0 aromatic rings. The zero-order valence-corrected chi connectivity index (χ0v) is 9.49. The van der Waals surface area contributed by atoms with Crippen molar-refractivity contribution in [1.82, 2.24) is 9.96 Å². The Labute approximate surface area is 90.2 Å². The maximum atomic E-state index is 11.3. The molecular formula is C10H17N3O2. The number of nitriles is 1. The maximum absolute atomic E-state index is 11.3. The zero-order chi connectivity index (χ0) is 11.5. The number of rotatable bonds is 2. The smallest absolute Gasteiger partial charge is 0.220 e. The number of hydrogen-bond donors (Lipinski definition) is 0. The molecule has 1 fully saturated rings. The first kappa shape index (κ1) is 12.0. The molecule has 1 aliphatic heterocycles. The molecular weight excluding hydrogens is 194 g/mol. The average Bonchev–Trinajstić information content (AvgIpc) is 2.28. The van der Waals surface area contributed by atoms with Crippen LogP contribution in [0, 0.1) is 11.3 Å². The fourth-order valence-corrected chi connectivity index (χ4v) is 1.86. The Morgan fingerprint density at radius 1 is 1.53 bits per heavy atom. The third-order valence-electron chi connectivity index (χ3n) is 3.13. The van der Waals surface area contributed by atoms with Crippen LogP contribution in [0.2, 0.25) is 0 Å². The Hall–Kier alpha value is -1.12. The summed E-state index contributed by atoms with van der Waals surface area (Å²) in [4.78, 5) is 17.9. The van der Waals surface area contributed by atoms with Crippen LogP contribution in [0.15, 0.2) is 0 Å². The zero-order valence-electron chi connectivity index (χ0n) is 9.49. The molecule has 0 unspecified atom stereocenters. The molecule has 0 N–H and O–H groups in total. The molecule has 0 spiro atoms. The summed E-state index contributed by atoms with van der Waals surface area (Å²) in [5, 5.41) is 11.0. The second kappa shape index (κ2) is 4.60. The second-order valence-electron chi connectivity index (χ2n) is 3.83. The molecule has 0 aliphatic carbocycles. The standard InChI is InChI=1S/C10H17N3O2/c1-9(14)12(2)10(8-11)4-6-13(15-3)7-5-10/h4-7H2,1-3H3. The van der Waals surface area contributed by atoms with Crippen LogP contribution < -0.4 is 0 Å². The predicted molar refractivity (Wildman–Crippen MR) is 54.6 cm³/mol. The summed E-state index contributed by atoms with van der Waals surface area (Å²) in [6.07, 6.45) is 1.26. The van der Waals surface area contributed by atoms with Crippen LogP contribution in [0.25, 0.3) is 0 Å². The van der Waals surface area contributed by atoms with Crippen molar-refractivity contribution in [3.8, 4) is 6.07 Å². The number of carbonyl (C=O) groups is 1. The number of piperidine rings is 1. The first-order chi connectivity index (χ1) is 7.05. The van der Waals surface area contributed by atoms with E-state index in [4.69, 9.17) is 4.84 Å². The molecule has 0 saturated carbocycles. The lowest BCUT2D eigenvalue weighted by molar-refractivity contribution is -0.160. The highest BCUT2D eigenvalue weighted by Gasteiger charge is 2.39. The third kappa shape index (κ3) is 2.28. The summed E-state index contributed by atoms with van der Waals surface area (Å²) < 4.78 is 0. The maximum Gasteiger partial charge on any atom is 0.220 e. The molecule has 1 rings (SSSR count). The van der Waals surface area contributed by atoms with Gasteiger partial charge in [0.2, 0.25) is 5.91 Å². The lowest BCUT2D eigenvalue weighted by Gasteiger charge is -2.41. The lowest BCUT2D eigenvalue weighted by Crippen LogP contribution is -2.54. The van der Waals surface area contributed by atoms with E-state index in [2.05, 4.69) is 6.07 Å². The number of hydroxylamine groups is 2. The monoisotopic (exact) mass is 211 g/mol. The molecule has 1 saturated heterocycles. The van der Waals surface area contributed by atoms with Gasteiger partial charge < -0.3 is 9.74 Å². The minimum absolute atomic E-state index is 0.0672. The average molecular weight is 211 g/mol. The number of hydrogen-bond acceptors (Lipinski definition) is 4. The van der Waals surface area contributed by atoms with E-state index < -0.39 is 5.54 Å². The summed E-state index contributed by atoms with van der Waals surface area (Å²) in [5.41, 5.74) is -0.652. The summed E-state index contributed by atoms with van der Waals surface area (Å²) in [6.45, 7) is 2.85. The highest BCUT2D eigenvalue weighted by molar-refractivity contribution is 5.74. The van der Waals surface area contributed by atoms with E-state index in [1.165, 1.54) is 6.92 Å². The first-order valence-corrected chi connectivity index (χ1v) is 5.00. The molecule has 1 amide bonds. The van der Waals surface area contributed by atoms with Gasteiger partial charge in [0.05, 0.1) is 13.2 Å². The molecule has 5 heteroatoms. The van der Waals surface area contributed by atoms with E-state index in [0.29, 0.717) is 25.9 Å². The number of nitrogens with zero attached hydrogens (tertiary/aromatic N) is 3. The van der Waals surface area contributed by atoms with Crippen molar-refractivity contribution in [1.29, 1.82) is 5.26 Å². The van der Waals surface area contributed by atoms with Crippen molar-refractivity contribution in [3.63, 3.8) is 0 Å². The fourth-order valence-electron chi connectivity index (χ4n) is 1.86. The molecule has 1 aliphatic rings. The topological polar surface area (TPSA) is 56.6 Å². The van der Waals surface area contributed by atoms with E-state index in [1.54, 1.807) is 19.1 Å². The Morgan fingerprint density at radius 2 is 2.07 bits per heavy atom. The second-order valence-corrected chi connectivity index (χ2v) is 3.83. The van der Waals surface area contributed by atoms with Crippen LogP contribution in [0.4, 0.5) is 0 Å². The van der Waals surface area contributed by atoms with Crippen molar-refractivity contribution in [2.45, 2.75) is 25.3 Å². The van der Waals surface area contributed by atoms with Crippen LogP contribution in [0.1, 0.15) is 19.8 Å². The quantitative estimate of drug-likeness (QED) is 0.662. The van der Waals surface area contributed by atoms with Gasteiger partial charge in [0.25, 0.3) is 0 Å². The van der Waals surface area contributed by atoms with Crippen molar-refractivity contribution in [2.24, 2.45) is 0 Å². The van der Waals surface area contributed by atoms with E-state index in [-0.39, 0.29) is 5.91 Å². The molecule has 84 valence electrons. The molecule has 0 bridgehead atoms. The molecule has 1 heterocycles. The van der Waals surface area contributed by atoms with Gasteiger partial charge >= 0.3 is 0 Å². The number of carbonyl (C=O) groups excluding carboxylic acids is 1. The van der Waals surface area contributed by atoms with Gasteiger partial charge in [-0.3, -0.25) is 4.79 Å². The predicted octanol–water partition coefficient (Wildman–Crippen LogP) is 0.384. The lowest BCUT2D eigenvalue weighted by atomic mass is 9.88. The first-order valence-electron chi connectivity index (χ1n) is 5.00. The van der Waals surface area contributed by atoms with Crippen molar-refractivity contribution in [3.05, 3.63) is 0 Å². The molecule has 0 radical (unpaired) electrons. The minimum Gasteiger partial charge on any atom is -0.327 e. The van der Waals surface area contributed by atoms with Gasteiger partial charge in [-0.15, -0.1) is 0 Å². The molecule has 15 heavy (non-hydrogen) atoms. The SMILES string of the molecule is CON1CCC(C#N)(N(C)C(C)=O)CC1. The van der Waals surface area contributed by atoms with E-state index in [1.807, 2.05) is 5.06 Å². The van der Waals surface area contributed by atoms with Gasteiger partial charge in [-0.05, 0) is 12.8 Å². The van der Waals surface area contributed by atoms with E-state index in [0.717, 1.165) is 0 Å². The van der Waals surface area contributed by atoms with E-state index >= 15 is 0 Å². The highest BCUT2D eigenvalue weighted by Crippen LogP contribution is 2.27. The normalized spacial score (nSPS) is 20.7. The summed E-state index contributed by atoms with van der Waals surface area (Å²) >= 11 is 0. The van der Waals surface area contributed by atoms with Gasteiger partial charge in [-0.2, -0.15) is 10.3 Å². The van der Waals surface area contributed by atoms with Crippen molar-refractivity contribution in [2.75, 3.05) is 27.2 Å². The highest BCUT2D eigenvalue weighted by atomic mass is 16.7. The Bertz CT molecular complexity index is 277.